The Hall–Kier alpha value is -0.870. The van der Waals surface area contributed by atoms with Gasteiger partial charge in [-0.25, -0.2) is 0 Å². The highest BCUT2D eigenvalue weighted by Crippen LogP contribution is 2.06. The van der Waals surface area contributed by atoms with Crippen molar-refractivity contribution < 1.29 is 4.79 Å². The summed E-state index contributed by atoms with van der Waals surface area (Å²) in [7, 11) is 7.81. The molecule has 0 aromatic heterocycles. The number of carbonyl (C=O) groups excluding carboxylic acids is 1. The van der Waals surface area contributed by atoms with Gasteiger partial charge < -0.3 is 10.2 Å². The van der Waals surface area contributed by atoms with Crippen molar-refractivity contribution in [1.29, 1.82) is 0 Å². The maximum atomic E-state index is 11.9. The van der Waals surface area contributed by atoms with Crippen molar-refractivity contribution in [2.75, 3.05) is 41.3 Å². The van der Waals surface area contributed by atoms with Gasteiger partial charge in [0.1, 0.15) is 0 Å². The van der Waals surface area contributed by atoms with E-state index in [9.17, 15) is 4.79 Å². The second-order valence-electron chi connectivity index (χ2n) is 4.73. The first-order valence-corrected chi connectivity index (χ1v) is 5.57. The van der Waals surface area contributed by atoms with Crippen LogP contribution >= 0.6 is 0 Å². The second kappa shape index (κ2) is 7.41. The van der Waals surface area contributed by atoms with Crippen molar-refractivity contribution in [3.63, 3.8) is 0 Å². The summed E-state index contributed by atoms with van der Waals surface area (Å²) in [5.41, 5.74) is 1.03. The first-order valence-electron chi connectivity index (χ1n) is 5.57. The number of hydrogen-bond donors (Lipinski definition) is 1. The predicted octanol–water partition coefficient (Wildman–Crippen LogP) is 0.561. The molecule has 0 aromatic carbocycles. The van der Waals surface area contributed by atoms with Crippen LogP contribution in [0.15, 0.2) is 12.2 Å². The smallest absolute Gasteiger partial charge is 0.237 e. The van der Waals surface area contributed by atoms with Gasteiger partial charge in [0.05, 0.1) is 6.04 Å². The van der Waals surface area contributed by atoms with Crippen LogP contribution in [0.1, 0.15) is 13.3 Å². The zero-order valence-corrected chi connectivity index (χ0v) is 11.2. The van der Waals surface area contributed by atoms with Crippen LogP contribution in [0, 0.1) is 0 Å². The van der Waals surface area contributed by atoms with Crippen LogP contribution < -0.4 is 5.32 Å². The minimum absolute atomic E-state index is 0.0786. The van der Waals surface area contributed by atoms with Crippen LogP contribution in [-0.4, -0.2) is 63.0 Å². The largest absolute Gasteiger partial charge is 0.353 e. The summed E-state index contributed by atoms with van der Waals surface area (Å²) in [6, 6.07) is -0.111. The fourth-order valence-corrected chi connectivity index (χ4v) is 1.36. The van der Waals surface area contributed by atoms with E-state index in [2.05, 4.69) is 11.9 Å². The summed E-state index contributed by atoms with van der Waals surface area (Å²) >= 11 is 0. The first kappa shape index (κ1) is 15.1. The molecular formula is C12H25N3O. The molecule has 0 aliphatic heterocycles. The highest BCUT2D eigenvalue weighted by molar-refractivity contribution is 5.81. The number of hydrogen-bond acceptors (Lipinski definition) is 3. The molecule has 0 aromatic rings. The lowest BCUT2D eigenvalue weighted by molar-refractivity contribution is -0.125. The van der Waals surface area contributed by atoms with E-state index in [1.165, 1.54) is 0 Å². The molecule has 0 aliphatic rings. The molecule has 16 heavy (non-hydrogen) atoms. The number of nitrogens with one attached hydrogen (secondary N) is 1. The summed E-state index contributed by atoms with van der Waals surface area (Å²) in [6.07, 6.45) is 0.709. The molecule has 4 nitrogen and oxygen atoms in total. The average molecular weight is 227 g/mol. The summed E-state index contributed by atoms with van der Waals surface area (Å²) in [5.74, 6) is 0.0786. The Morgan fingerprint density at radius 3 is 2.25 bits per heavy atom. The number of carbonyl (C=O) groups is 1. The van der Waals surface area contributed by atoms with Gasteiger partial charge in [0.15, 0.2) is 0 Å². The minimum atomic E-state index is -0.111. The van der Waals surface area contributed by atoms with Crippen molar-refractivity contribution in [2.45, 2.75) is 19.4 Å². The van der Waals surface area contributed by atoms with Gasteiger partial charge in [-0.05, 0) is 41.5 Å². The molecule has 4 heteroatoms. The van der Waals surface area contributed by atoms with Crippen LogP contribution in [0.25, 0.3) is 0 Å². The molecule has 1 amide bonds. The molecule has 1 unspecified atom stereocenters. The van der Waals surface area contributed by atoms with Gasteiger partial charge in [0.2, 0.25) is 5.91 Å². The van der Waals surface area contributed by atoms with Crippen molar-refractivity contribution in [3.05, 3.63) is 12.2 Å². The third kappa shape index (κ3) is 6.58. The molecular weight excluding hydrogens is 202 g/mol. The summed E-state index contributed by atoms with van der Waals surface area (Å²) in [4.78, 5) is 15.9. The standard InChI is InChI=1S/C12H25N3O/c1-10(2)9-11(15(5)6)12(16)13-7-8-14(3)4/h11H,1,7-9H2,2-6H3,(H,13,16). The van der Waals surface area contributed by atoms with Crippen molar-refractivity contribution in [1.82, 2.24) is 15.1 Å². The molecule has 0 heterocycles. The molecule has 94 valence electrons. The number of nitrogens with zero attached hydrogens (tertiary/aromatic N) is 2. The first-order chi connectivity index (χ1) is 7.34. The lowest BCUT2D eigenvalue weighted by atomic mass is 10.1. The van der Waals surface area contributed by atoms with Crippen LogP contribution in [-0.2, 0) is 4.79 Å². The van der Waals surface area contributed by atoms with Gasteiger partial charge in [-0.2, -0.15) is 0 Å². The SMILES string of the molecule is C=C(C)CC(C(=O)NCCN(C)C)N(C)C. The van der Waals surface area contributed by atoms with Crippen LogP contribution in [0.2, 0.25) is 0 Å². The zero-order chi connectivity index (χ0) is 12.7. The summed E-state index contributed by atoms with van der Waals surface area (Å²) in [5, 5.41) is 2.94. The molecule has 0 fully saturated rings. The van der Waals surface area contributed by atoms with E-state index in [0.29, 0.717) is 13.0 Å². The zero-order valence-electron chi connectivity index (χ0n) is 11.2. The predicted molar refractivity (Wildman–Crippen MR) is 68.5 cm³/mol. The Kier molecular flexibility index (Phi) is 7.01. The third-order valence-corrected chi connectivity index (χ3v) is 2.33. The van der Waals surface area contributed by atoms with Crippen molar-refractivity contribution in [3.8, 4) is 0 Å². The Morgan fingerprint density at radius 1 is 1.31 bits per heavy atom. The Bertz CT molecular complexity index is 236. The number of amides is 1. The van der Waals surface area contributed by atoms with E-state index < -0.39 is 0 Å². The fourth-order valence-electron chi connectivity index (χ4n) is 1.36. The molecule has 0 spiro atoms. The van der Waals surface area contributed by atoms with E-state index in [4.69, 9.17) is 0 Å². The monoisotopic (exact) mass is 227 g/mol. The maximum Gasteiger partial charge on any atom is 0.237 e. The molecule has 0 saturated carbocycles. The van der Waals surface area contributed by atoms with Gasteiger partial charge in [-0.3, -0.25) is 9.69 Å². The Labute approximate surface area is 99.3 Å². The quantitative estimate of drug-likeness (QED) is 0.646. The molecule has 0 rings (SSSR count). The highest BCUT2D eigenvalue weighted by atomic mass is 16.2. The van der Waals surface area contributed by atoms with Gasteiger partial charge in [-0.15, -0.1) is 6.58 Å². The lowest BCUT2D eigenvalue weighted by Gasteiger charge is -2.23. The Balaban J connectivity index is 4.12. The number of rotatable bonds is 7. The normalized spacial score (nSPS) is 12.9. The van der Waals surface area contributed by atoms with E-state index in [1.807, 2.05) is 44.9 Å². The molecule has 1 N–H and O–H groups in total. The van der Waals surface area contributed by atoms with Crippen molar-refractivity contribution in [2.24, 2.45) is 0 Å². The van der Waals surface area contributed by atoms with E-state index >= 15 is 0 Å². The van der Waals surface area contributed by atoms with E-state index in [0.717, 1.165) is 12.1 Å². The van der Waals surface area contributed by atoms with Gasteiger partial charge in [0, 0.05) is 13.1 Å². The second-order valence-corrected chi connectivity index (χ2v) is 4.73. The third-order valence-electron chi connectivity index (χ3n) is 2.33. The molecule has 0 bridgehead atoms. The lowest BCUT2D eigenvalue weighted by Crippen LogP contribution is -2.45. The van der Waals surface area contributed by atoms with Crippen LogP contribution in [0.4, 0.5) is 0 Å². The van der Waals surface area contributed by atoms with E-state index in [1.54, 1.807) is 0 Å². The van der Waals surface area contributed by atoms with Crippen LogP contribution in [0.3, 0.4) is 0 Å². The topological polar surface area (TPSA) is 35.6 Å². The highest BCUT2D eigenvalue weighted by Gasteiger charge is 2.19. The number of likely N-dealkylation sites (N-methyl/N-ethyl adjacent to an activating group) is 2. The van der Waals surface area contributed by atoms with E-state index in [-0.39, 0.29) is 11.9 Å². The molecule has 0 aliphatic carbocycles. The summed E-state index contributed by atoms with van der Waals surface area (Å²) < 4.78 is 0. The van der Waals surface area contributed by atoms with Crippen molar-refractivity contribution >= 4 is 5.91 Å². The van der Waals surface area contributed by atoms with Gasteiger partial charge in [-0.1, -0.05) is 5.57 Å². The average Bonchev–Trinajstić information content (AvgIpc) is 2.12. The molecule has 0 radical (unpaired) electrons. The van der Waals surface area contributed by atoms with Gasteiger partial charge in [0.25, 0.3) is 0 Å². The Morgan fingerprint density at radius 2 is 1.88 bits per heavy atom. The van der Waals surface area contributed by atoms with Gasteiger partial charge >= 0.3 is 0 Å². The summed E-state index contributed by atoms with van der Waals surface area (Å²) in [6.45, 7) is 7.35. The minimum Gasteiger partial charge on any atom is -0.353 e. The molecule has 1 atom stereocenters. The molecule has 0 saturated heterocycles. The van der Waals surface area contributed by atoms with Crippen LogP contribution in [0.5, 0.6) is 0 Å². The fraction of sp³-hybridized carbons (Fsp3) is 0.750. The maximum absolute atomic E-state index is 11.9.